The maximum atomic E-state index is 13.3. The van der Waals surface area contributed by atoms with Crippen molar-refractivity contribution in [3.8, 4) is 11.4 Å². The zero-order chi connectivity index (χ0) is 22.2. The number of aromatic nitrogens is 2. The van der Waals surface area contributed by atoms with Gasteiger partial charge in [-0.15, -0.1) is 0 Å². The van der Waals surface area contributed by atoms with Crippen molar-refractivity contribution in [1.29, 1.82) is 0 Å². The van der Waals surface area contributed by atoms with Crippen molar-refractivity contribution >= 4 is 35.1 Å². The fraction of sp³-hybridized carbons (Fsp3) is 0.292. The van der Waals surface area contributed by atoms with E-state index in [-0.39, 0.29) is 18.2 Å². The number of carbonyl (C=O) groups is 2. The van der Waals surface area contributed by atoms with Gasteiger partial charge in [-0.1, -0.05) is 29.8 Å². The van der Waals surface area contributed by atoms with E-state index in [2.05, 4.69) is 5.32 Å². The van der Waals surface area contributed by atoms with Crippen molar-refractivity contribution in [2.75, 3.05) is 23.9 Å². The molecule has 1 fully saturated rings. The first-order valence-corrected chi connectivity index (χ1v) is 11.7. The number of ether oxygens (including phenoxy) is 1. The molecular formula is C24H24N4O3S. The Balaban J connectivity index is 1.40. The first-order chi connectivity index (χ1) is 15.5. The Labute approximate surface area is 190 Å². The summed E-state index contributed by atoms with van der Waals surface area (Å²) in [6.07, 6.45) is 0.166. The fourth-order valence-electron chi connectivity index (χ4n) is 4.20. The normalized spacial score (nSPS) is 17.5. The van der Waals surface area contributed by atoms with Gasteiger partial charge in [0.25, 0.3) is 0 Å². The second-order valence-electron chi connectivity index (χ2n) is 8.08. The van der Waals surface area contributed by atoms with Gasteiger partial charge in [0.1, 0.15) is 11.6 Å². The Morgan fingerprint density at radius 2 is 1.94 bits per heavy atom. The second kappa shape index (κ2) is 8.35. The molecule has 2 aliphatic rings. The number of nitrogens with one attached hydrogen (secondary N) is 1. The maximum absolute atomic E-state index is 13.3. The molecule has 32 heavy (non-hydrogen) atoms. The monoisotopic (exact) mass is 448 g/mol. The third-order valence-electron chi connectivity index (χ3n) is 5.94. The number of aryl methyl sites for hydroxylation is 1. The zero-order valence-corrected chi connectivity index (χ0v) is 18.8. The largest absolute Gasteiger partial charge is 0.495 e. The number of carbonyl (C=O) groups excluding carboxylic acids is 2. The summed E-state index contributed by atoms with van der Waals surface area (Å²) in [5.41, 5.74) is 4.83. The smallest absolute Gasteiger partial charge is 0.230 e. The van der Waals surface area contributed by atoms with Crippen molar-refractivity contribution in [2.24, 2.45) is 5.92 Å². The number of hydrogen-bond donors (Lipinski definition) is 1. The highest BCUT2D eigenvalue weighted by molar-refractivity contribution is 7.98. The third-order valence-corrected chi connectivity index (χ3v) is 6.91. The van der Waals surface area contributed by atoms with E-state index in [9.17, 15) is 9.59 Å². The first kappa shape index (κ1) is 20.6. The number of fused-ring (bicyclic) bond motifs is 1. The molecule has 3 heterocycles. The maximum Gasteiger partial charge on any atom is 0.230 e. The zero-order valence-electron chi connectivity index (χ0n) is 18.0. The van der Waals surface area contributed by atoms with Crippen LogP contribution in [0.5, 0.6) is 5.75 Å². The molecule has 3 aromatic rings. The minimum absolute atomic E-state index is 0.0810. The summed E-state index contributed by atoms with van der Waals surface area (Å²) in [5.74, 6) is 2.29. The van der Waals surface area contributed by atoms with Crippen LogP contribution >= 0.6 is 11.8 Å². The average Bonchev–Trinajstić information content (AvgIpc) is 3.50. The standard InChI is InChI=1S/C24H24N4O3S/c1-15-7-9-17(10-8-15)28-23(18-13-32-14-19(18)26-28)25-24(30)16-11-22(29)27(12-16)20-5-3-4-6-21(20)31-2/h3-10,16H,11-14H2,1-2H3,(H,25,30). The molecule has 0 spiro atoms. The van der Waals surface area contributed by atoms with Crippen LogP contribution in [-0.4, -0.2) is 35.2 Å². The van der Waals surface area contributed by atoms with Crippen LogP contribution < -0.4 is 15.0 Å². The first-order valence-electron chi connectivity index (χ1n) is 10.5. The van der Waals surface area contributed by atoms with Crippen LogP contribution in [0.4, 0.5) is 11.5 Å². The van der Waals surface area contributed by atoms with Crippen LogP contribution in [0.2, 0.25) is 0 Å². The lowest BCUT2D eigenvalue weighted by atomic mass is 10.1. The molecule has 0 radical (unpaired) electrons. The van der Waals surface area contributed by atoms with Crippen LogP contribution in [0, 0.1) is 12.8 Å². The van der Waals surface area contributed by atoms with Gasteiger partial charge in [-0.3, -0.25) is 9.59 Å². The summed E-state index contributed by atoms with van der Waals surface area (Å²) in [5, 5.41) is 7.86. The SMILES string of the molecule is COc1ccccc1N1CC(C(=O)Nc2c3c(nn2-c2ccc(C)cc2)CSC3)CC1=O. The number of para-hydroxylation sites is 2. The number of nitrogens with zero attached hydrogens (tertiary/aromatic N) is 3. The summed E-state index contributed by atoms with van der Waals surface area (Å²) < 4.78 is 7.22. The molecule has 164 valence electrons. The van der Waals surface area contributed by atoms with E-state index in [0.717, 1.165) is 34.0 Å². The van der Waals surface area contributed by atoms with Gasteiger partial charge in [-0.05, 0) is 31.2 Å². The predicted octanol–water partition coefficient (Wildman–Crippen LogP) is 3.93. The molecule has 0 saturated carbocycles. The number of thioether (sulfide) groups is 1. The van der Waals surface area contributed by atoms with Gasteiger partial charge >= 0.3 is 0 Å². The van der Waals surface area contributed by atoms with Gasteiger partial charge in [0.15, 0.2) is 0 Å². The average molecular weight is 449 g/mol. The number of benzene rings is 2. The van der Waals surface area contributed by atoms with Crippen molar-refractivity contribution in [3.63, 3.8) is 0 Å². The van der Waals surface area contributed by atoms with E-state index in [0.29, 0.717) is 23.8 Å². The van der Waals surface area contributed by atoms with E-state index in [1.54, 1.807) is 23.8 Å². The van der Waals surface area contributed by atoms with Crippen LogP contribution in [-0.2, 0) is 21.1 Å². The molecule has 5 rings (SSSR count). The minimum Gasteiger partial charge on any atom is -0.495 e. The fourth-order valence-corrected chi connectivity index (χ4v) is 5.24. The molecule has 1 atom stereocenters. The Bertz CT molecular complexity index is 1190. The second-order valence-corrected chi connectivity index (χ2v) is 9.07. The van der Waals surface area contributed by atoms with E-state index in [1.165, 1.54) is 0 Å². The van der Waals surface area contributed by atoms with Crippen molar-refractivity contribution in [2.45, 2.75) is 24.9 Å². The Kier molecular flexibility index (Phi) is 5.38. The summed E-state index contributed by atoms with van der Waals surface area (Å²) in [4.78, 5) is 27.6. The van der Waals surface area contributed by atoms with Gasteiger partial charge in [0, 0.05) is 30.0 Å². The van der Waals surface area contributed by atoms with Crippen molar-refractivity contribution < 1.29 is 14.3 Å². The van der Waals surface area contributed by atoms with Gasteiger partial charge in [0.2, 0.25) is 11.8 Å². The van der Waals surface area contributed by atoms with Crippen LogP contribution in [0.25, 0.3) is 5.69 Å². The molecule has 1 aromatic heterocycles. The summed E-state index contributed by atoms with van der Waals surface area (Å²) >= 11 is 1.79. The van der Waals surface area contributed by atoms with Gasteiger partial charge in [-0.25, -0.2) is 4.68 Å². The molecule has 2 aromatic carbocycles. The van der Waals surface area contributed by atoms with Crippen LogP contribution in [0.1, 0.15) is 23.2 Å². The summed E-state index contributed by atoms with van der Waals surface area (Å²) in [7, 11) is 1.58. The molecule has 0 aliphatic carbocycles. The number of rotatable bonds is 5. The summed E-state index contributed by atoms with van der Waals surface area (Å²) in [6.45, 7) is 2.36. The lowest BCUT2D eigenvalue weighted by Gasteiger charge is -2.19. The van der Waals surface area contributed by atoms with Gasteiger partial charge < -0.3 is 15.0 Å². The molecule has 8 heteroatoms. The number of hydrogen-bond acceptors (Lipinski definition) is 5. The molecule has 2 amide bonds. The molecule has 1 N–H and O–H groups in total. The Hall–Kier alpha value is -3.26. The topological polar surface area (TPSA) is 76.5 Å². The number of anilines is 2. The summed E-state index contributed by atoms with van der Waals surface area (Å²) in [6, 6.07) is 15.4. The van der Waals surface area contributed by atoms with Gasteiger partial charge in [-0.2, -0.15) is 16.9 Å². The molecule has 7 nitrogen and oxygen atoms in total. The molecule has 2 aliphatic heterocycles. The van der Waals surface area contributed by atoms with E-state index in [1.807, 2.05) is 60.1 Å². The highest BCUT2D eigenvalue weighted by atomic mass is 32.2. The Morgan fingerprint density at radius 3 is 2.72 bits per heavy atom. The van der Waals surface area contributed by atoms with Crippen LogP contribution in [0.15, 0.2) is 48.5 Å². The van der Waals surface area contributed by atoms with E-state index in [4.69, 9.17) is 9.84 Å². The number of amides is 2. The number of methoxy groups -OCH3 is 1. The van der Waals surface area contributed by atoms with Crippen molar-refractivity contribution in [3.05, 3.63) is 65.4 Å². The lowest BCUT2D eigenvalue weighted by Crippen LogP contribution is -2.29. The van der Waals surface area contributed by atoms with Crippen molar-refractivity contribution in [1.82, 2.24) is 9.78 Å². The highest BCUT2D eigenvalue weighted by Gasteiger charge is 2.37. The minimum atomic E-state index is -0.446. The molecule has 1 unspecified atom stereocenters. The third kappa shape index (κ3) is 3.64. The van der Waals surface area contributed by atoms with E-state index < -0.39 is 5.92 Å². The van der Waals surface area contributed by atoms with Crippen LogP contribution in [0.3, 0.4) is 0 Å². The quantitative estimate of drug-likeness (QED) is 0.640. The molecule has 0 bridgehead atoms. The Morgan fingerprint density at radius 1 is 1.16 bits per heavy atom. The molecule has 1 saturated heterocycles. The molecular weight excluding hydrogens is 424 g/mol. The predicted molar refractivity (Wildman–Crippen MR) is 125 cm³/mol. The van der Waals surface area contributed by atoms with E-state index >= 15 is 0 Å². The lowest BCUT2D eigenvalue weighted by molar-refractivity contribution is -0.122. The van der Waals surface area contributed by atoms with Gasteiger partial charge in [0.05, 0.1) is 30.1 Å². The highest BCUT2D eigenvalue weighted by Crippen LogP contribution is 2.37.